The van der Waals surface area contributed by atoms with E-state index in [-0.39, 0.29) is 35.5 Å². The highest BCUT2D eigenvalue weighted by Crippen LogP contribution is 2.18. The van der Waals surface area contributed by atoms with Crippen LogP contribution in [0.1, 0.15) is 18.4 Å². The third-order valence-electron chi connectivity index (χ3n) is 5.57. The number of fused-ring (bicyclic) bond motifs is 1. The van der Waals surface area contributed by atoms with Crippen LogP contribution in [0.5, 0.6) is 0 Å². The Labute approximate surface area is 179 Å². The van der Waals surface area contributed by atoms with Crippen molar-refractivity contribution >= 4 is 23.1 Å². The quantitative estimate of drug-likeness (QED) is 0.634. The van der Waals surface area contributed by atoms with Crippen LogP contribution < -0.4 is 16.2 Å². The summed E-state index contributed by atoms with van der Waals surface area (Å²) in [6.07, 6.45) is 4.36. The van der Waals surface area contributed by atoms with E-state index in [2.05, 4.69) is 15.6 Å². The van der Waals surface area contributed by atoms with Crippen LogP contribution in [0.2, 0.25) is 0 Å². The fourth-order valence-electron chi connectivity index (χ4n) is 3.75. The molecule has 1 aliphatic rings. The lowest BCUT2D eigenvalue weighted by Crippen LogP contribution is -2.44. The Kier molecular flexibility index (Phi) is 6.26. The highest BCUT2D eigenvalue weighted by Gasteiger charge is 2.27. The fraction of sp³-hybridized carbons (Fsp3) is 0.304. The Hall–Kier alpha value is -3.68. The van der Waals surface area contributed by atoms with Crippen LogP contribution in [-0.2, 0) is 16.1 Å². The van der Waals surface area contributed by atoms with E-state index < -0.39 is 0 Å². The Morgan fingerprint density at radius 1 is 1.03 bits per heavy atom. The number of rotatable bonds is 6. The van der Waals surface area contributed by atoms with Gasteiger partial charge in [-0.15, -0.1) is 0 Å². The Morgan fingerprint density at radius 3 is 2.55 bits per heavy atom. The summed E-state index contributed by atoms with van der Waals surface area (Å²) < 4.78 is 1.44. The van der Waals surface area contributed by atoms with Gasteiger partial charge in [-0.05, 0) is 30.5 Å². The fourth-order valence-corrected chi connectivity index (χ4v) is 3.75. The van der Waals surface area contributed by atoms with E-state index in [0.29, 0.717) is 38.1 Å². The minimum Gasteiger partial charge on any atom is -0.370 e. The first-order valence-electron chi connectivity index (χ1n) is 10.4. The monoisotopic (exact) mass is 419 g/mol. The number of hydrogen-bond acceptors (Lipinski definition) is 5. The number of likely N-dealkylation sites (tertiary alicyclic amines) is 1. The number of nitrogens with one attached hydrogen (secondary N) is 2. The molecule has 0 aliphatic carbocycles. The molecule has 1 fully saturated rings. The van der Waals surface area contributed by atoms with E-state index in [1.165, 1.54) is 10.6 Å². The zero-order chi connectivity index (χ0) is 21.6. The molecule has 1 aromatic carbocycles. The molecule has 1 aliphatic heterocycles. The number of benzene rings is 1. The van der Waals surface area contributed by atoms with Crippen molar-refractivity contribution in [1.29, 1.82) is 0 Å². The zero-order valence-electron chi connectivity index (χ0n) is 17.2. The van der Waals surface area contributed by atoms with Gasteiger partial charge in [0.2, 0.25) is 11.8 Å². The second kappa shape index (κ2) is 9.42. The number of hydrogen-bond donors (Lipinski definition) is 2. The van der Waals surface area contributed by atoms with Crippen LogP contribution in [-0.4, -0.2) is 45.7 Å². The molecule has 2 N–H and O–H groups in total. The molecule has 8 nitrogen and oxygen atoms in total. The van der Waals surface area contributed by atoms with Gasteiger partial charge in [-0.1, -0.05) is 36.4 Å². The third-order valence-corrected chi connectivity index (χ3v) is 5.57. The van der Waals surface area contributed by atoms with Crippen molar-refractivity contribution in [3.8, 4) is 0 Å². The lowest BCUT2D eigenvalue weighted by atomic mass is 9.95. The van der Waals surface area contributed by atoms with E-state index in [1.54, 1.807) is 23.2 Å². The number of piperidine rings is 1. The van der Waals surface area contributed by atoms with Crippen molar-refractivity contribution in [3.63, 3.8) is 0 Å². The number of amides is 2. The maximum absolute atomic E-state index is 12.6. The van der Waals surface area contributed by atoms with E-state index in [1.807, 2.05) is 36.4 Å². The van der Waals surface area contributed by atoms with E-state index in [0.717, 1.165) is 5.56 Å². The van der Waals surface area contributed by atoms with E-state index in [9.17, 15) is 14.4 Å². The predicted molar refractivity (Wildman–Crippen MR) is 118 cm³/mol. The van der Waals surface area contributed by atoms with Crippen LogP contribution in [0.25, 0.3) is 5.65 Å². The summed E-state index contributed by atoms with van der Waals surface area (Å²) in [5.74, 6) is -0.153. The van der Waals surface area contributed by atoms with Crippen molar-refractivity contribution in [2.24, 2.45) is 5.92 Å². The molecular weight excluding hydrogens is 394 g/mol. The van der Waals surface area contributed by atoms with Crippen LogP contribution in [0.3, 0.4) is 0 Å². The van der Waals surface area contributed by atoms with Gasteiger partial charge >= 0.3 is 0 Å². The van der Waals surface area contributed by atoms with Crippen molar-refractivity contribution in [3.05, 3.63) is 76.8 Å². The average molecular weight is 419 g/mol. The summed E-state index contributed by atoms with van der Waals surface area (Å²) >= 11 is 0. The molecule has 0 unspecified atom stereocenters. The van der Waals surface area contributed by atoms with E-state index >= 15 is 0 Å². The van der Waals surface area contributed by atoms with Gasteiger partial charge < -0.3 is 15.5 Å². The van der Waals surface area contributed by atoms with Crippen LogP contribution in [0, 0.1) is 5.92 Å². The van der Waals surface area contributed by atoms with Crippen LogP contribution in [0.4, 0.5) is 5.69 Å². The summed E-state index contributed by atoms with van der Waals surface area (Å²) in [5, 5.41) is 5.89. The number of nitrogens with zero attached hydrogens (tertiary/aromatic N) is 3. The normalized spacial score (nSPS) is 14.4. The third kappa shape index (κ3) is 4.91. The van der Waals surface area contributed by atoms with Crippen molar-refractivity contribution in [1.82, 2.24) is 19.6 Å². The molecule has 0 saturated carbocycles. The van der Waals surface area contributed by atoms with E-state index in [4.69, 9.17) is 0 Å². The Balaban J connectivity index is 1.25. The molecule has 3 heterocycles. The predicted octanol–water partition coefficient (Wildman–Crippen LogP) is 1.66. The van der Waals surface area contributed by atoms with Gasteiger partial charge in [-0.2, -0.15) is 0 Å². The molecular formula is C23H25N5O3. The van der Waals surface area contributed by atoms with Crippen LogP contribution >= 0.6 is 0 Å². The standard InChI is InChI=1S/C23H25N5O3/c29-21(16-24-19-15-25-20-8-4-5-11-28(20)23(19)31)27-12-9-18(10-13-27)22(30)26-14-17-6-2-1-3-7-17/h1-8,11,15,18,24H,9-10,12-14,16H2,(H,26,30). The maximum atomic E-state index is 12.6. The SMILES string of the molecule is O=C(NCc1ccccc1)C1CCN(C(=O)CNc2cnc3ccccn3c2=O)CC1. The number of aromatic nitrogens is 2. The largest absolute Gasteiger partial charge is 0.370 e. The number of anilines is 1. The van der Waals surface area contributed by atoms with Crippen LogP contribution in [0.15, 0.2) is 65.7 Å². The molecule has 8 heteroatoms. The molecule has 4 rings (SSSR count). The topological polar surface area (TPSA) is 95.8 Å². The first kappa shape index (κ1) is 20.6. The second-order valence-corrected chi connectivity index (χ2v) is 7.62. The first-order valence-corrected chi connectivity index (χ1v) is 10.4. The molecule has 0 spiro atoms. The minimum atomic E-state index is -0.243. The molecule has 1 saturated heterocycles. The average Bonchev–Trinajstić information content (AvgIpc) is 2.83. The molecule has 0 radical (unpaired) electrons. The first-order chi connectivity index (χ1) is 15.1. The lowest BCUT2D eigenvalue weighted by molar-refractivity contribution is -0.134. The van der Waals surface area contributed by atoms with Crippen molar-refractivity contribution in [2.75, 3.05) is 25.0 Å². The van der Waals surface area contributed by atoms with Gasteiger partial charge in [-0.25, -0.2) is 4.98 Å². The molecule has 160 valence electrons. The summed E-state index contributed by atoms with van der Waals surface area (Å²) in [6, 6.07) is 15.1. The number of pyridine rings is 1. The molecule has 3 aromatic rings. The van der Waals surface area contributed by atoms with Gasteiger partial charge in [0, 0.05) is 31.7 Å². The summed E-state index contributed by atoms with van der Waals surface area (Å²) in [5.41, 5.74) is 1.66. The molecule has 2 aromatic heterocycles. The Bertz CT molecular complexity index is 1120. The Morgan fingerprint density at radius 2 is 1.77 bits per heavy atom. The van der Waals surface area contributed by atoms with Gasteiger partial charge in [0.25, 0.3) is 5.56 Å². The summed E-state index contributed by atoms with van der Waals surface area (Å²) in [4.78, 5) is 43.5. The number of carbonyl (C=O) groups is 2. The maximum Gasteiger partial charge on any atom is 0.281 e. The smallest absolute Gasteiger partial charge is 0.281 e. The highest BCUT2D eigenvalue weighted by atomic mass is 16.2. The minimum absolute atomic E-state index is 0.0146. The molecule has 2 amide bonds. The second-order valence-electron chi connectivity index (χ2n) is 7.62. The van der Waals surface area contributed by atoms with Gasteiger partial charge in [-0.3, -0.25) is 18.8 Å². The zero-order valence-corrected chi connectivity index (χ0v) is 17.2. The molecule has 0 bridgehead atoms. The highest BCUT2D eigenvalue weighted by molar-refractivity contribution is 5.82. The van der Waals surface area contributed by atoms with Crippen molar-refractivity contribution in [2.45, 2.75) is 19.4 Å². The number of carbonyl (C=O) groups excluding carboxylic acids is 2. The van der Waals surface area contributed by atoms with Gasteiger partial charge in [0.15, 0.2) is 0 Å². The summed E-state index contributed by atoms with van der Waals surface area (Å²) in [6.45, 7) is 1.58. The van der Waals surface area contributed by atoms with Gasteiger partial charge in [0.05, 0.1) is 12.7 Å². The van der Waals surface area contributed by atoms with Gasteiger partial charge in [0.1, 0.15) is 11.3 Å². The lowest BCUT2D eigenvalue weighted by Gasteiger charge is -2.31. The molecule has 0 atom stereocenters. The summed E-state index contributed by atoms with van der Waals surface area (Å²) in [7, 11) is 0. The molecule has 31 heavy (non-hydrogen) atoms. The van der Waals surface area contributed by atoms with Crippen molar-refractivity contribution < 1.29 is 9.59 Å².